The van der Waals surface area contributed by atoms with Crippen molar-refractivity contribution in [3.63, 3.8) is 0 Å². The fourth-order valence-electron chi connectivity index (χ4n) is 4.43. The summed E-state index contributed by atoms with van der Waals surface area (Å²) < 4.78 is 12.7. The molecule has 0 aliphatic carbocycles. The van der Waals surface area contributed by atoms with Gasteiger partial charge in [0.1, 0.15) is 5.76 Å². The second-order valence-corrected chi connectivity index (χ2v) is 12.2. The molecule has 0 saturated carbocycles. The Morgan fingerprint density at radius 2 is 1.78 bits per heavy atom. The third-order valence-corrected chi connectivity index (χ3v) is 9.11. The first-order chi connectivity index (χ1) is 19.8. The summed E-state index contributed by atoms with van der Waals surface area (Å²) in [5, 5.41) is 20.2. The number of aliphatic hydroxyl groups excluding tert-OH is 1. The predicted octanol–water partition coefficient (Wildman–Crippen LogP) is 6.93. The van der Waals surface area contributed by atoms with Crippen molar-refractivity contribution in [1.29, 1.82) is 0 Å². The van der Waals surface area contributed by atoms with Gasteiger partial charge in [-0.2, -0.15) is 0 Å². The van der Waals surface area contributed by atoms with Crippen molar-refractivity contribution in [1.82, 2.24) is 10.2 Å². The highest BCUT2D eigenvalue weighted by molar-refractivity contribution is 9.10. The molecule has 0 spiro atoms. The molecule has 0 radical (unpaired) electrons. The predicted molar refractivity (Wildman–Crippen MR) is 164 cm³/mol. The van der Waals surface area contributed by atoms with Crippen LogP contribution < -0.4 is 14.4 Å². The van der Waals surface area contributed by atoms with Crippen molar-refractivity contribution < 1.29 is 24.2 Å². The number of anilines is 1. The number of aromatic nitrogens is 2. The largest absolute Gasteiger partial charge is 0.507 e. The zero-order valence-electron chi connectivity index (χ0n) is 22.5. The molecule has 5 rings (SSSR count). The molecular weight excluding hydrogens is 626 g/mol. The molecule has 4 aromatic rings. The van der Waals surface area contributed by atoms with Gasteiger partial charge in [0, 0.05) is 15.8 Å². The van der Waals surface area contributed by atoms with E-state index in [1.54, 1.807) is 42.5 Å². The summed E-state index contributed by atoms with van der Waals surface area (Å²) in [6, 6.07) is 19.3. The van der Waals surface area contributed by atoms with E-state index in [0.717, 1.165) is 10.0 Å². The number of amides is 1. The van der Waals surface area contributed by atoms with Crippen molar-refractivity contribution in [2.75, 3.05) is 18.6 Å². The average molecular weight is 653 g/mol. The van der Waals surface area contributed by atoms with Gasteiger partial charge in [0.2, 0.25) is 5.13 Å². The van der Waals surface area contributed by atoms with Crippen molar-refractivity contribution in [3.8, 4) is 11.5 Å². The second-order valence-electron chi connectivity index (χ2n) is 9.14. The number of aryl methyl sites for hydroxylation is 1. The van der Waals surface area contributed by atoms with E-state index in [4.69, 9.17) is 9.47 Å². The van der Waals surface area contributed by atoms with Gasteiger partial charge in [0.25, 0.3) is 5.78 Å². The first kappa shape index (κ1) is 28.8. The van der Waals surface area contributed by atoms with Crippen LogP contribution in [0, 0.1) is 6.92 Å². The molecule has 0 bridgehead atoms. The minimum Gasteiger partial charge on any atom is -0.507 e. The van der Waals surface area contributed by atoms with Crippen LogP contribution in [0.1, 0.15) is 35.2 Å². The number of carbonyl (C=O) groups is 2. The van der Waals surface area contributed by atoms with Crippen LogP contribution in [0.4, 0.5) is 5.13 Å². The highest BCUT2D eigenvalue weighted by Gasteiger charge is 2.48. The number of aliphatic hydroxyl groups is 1. The lowest BCUT2D eigenvalue weighted by Crippen LogP contribution is -2.29. The molecular formula is C30H26BrN3O5S2. The van der Waals surface area contributed by atoms with Gasteiger partial charge in [-0.05, 0) is 49.2 Å². The summed E-state index contributed by atoms with van der Waals surface area (Å²) in [6.45, 7) is 4.34. The lowest BCUT2D eigenvalue weighted by atomic mass is 9.95. The van der Waals surface area contributed by atoms with Gasteiger partial charge in [-0.3, -0.25) is 14.5 Å². The Morgan fingerprint density at radius 3 is 2.46 bits per heavy atom. The molecule has 11 heteroatoms. The van der Waals surface area contributed by atoms with Gasteiger partial charge in [-0.15, -0.1) is 10.2 Å². The maximum Gasteiger partial charge on any atom is 0.301 e. The molecule has 3 aromatic carbocycles. The Bertz CT molecular complexity index is 1620. The molecule has 1 saturated heterocycles. The topological polar surface area (TPSA) is 102 Å². The van der Waals surface area contributed by atoms with Crippen LogP contribution in [0.15, 0.2) is 81.1 Å². The number of Topliss-reactive ketones (excluding diaryl/α,β-unsaturated/α-hetero) is 1. The van der Waals surface area contributed by atoms with Crippen molar-refractivity contribution in [3.05, 3.63) is 99.0 Å². The number of carbonyl (C=O) groups excluding carboxylic acids is 2. The number of methoxy groups -OCH3 is 1. The van der Waals surface area contributed by atoms with Gasteiger partial charge in [-0.25, -0.2) is 0 Å². The van der Waals surface area contributed by atoms with Crippen molar-refractivity contribution in [2.45, 2.75) is 30.0 Å². The molecule has 1 fully saturated rings. The minimum absolute atomic E-state index is 0.0485. The molecule has 1 unspecified atom stereocenters. The van der Waals surface area contributed by atoms with Crippen LogP contribution in [-0.2, 0) is 15.3 Å². The molecule has 1 amide bonds. The zero-order chi connectivity index (χ0) is 29.1. The van der Waals surface area contributed by atoms with Crippen LogP contribution in [0.5, 0.6) is 11.5 Å². The summed E-state index contributed by atoms with van der Waals surface area (Å²) in [7, 11) is 1.52. The fourth-order valence-corrected chi connectivity index (χ4v) is 6.51. The minimum atomic E-state index is -0.967. The van der Waals surface area contributed by atoms with E-state index in [-0.39, 0.29) is 16.5 Å². The second kappa shape index (κ2) is 12.5. The number of rotatable bonds is 9. The molecule has 41 heavy (non-hydrogen) atoms. The summed E-state index contributed by atoms with van der Waals surface area (Å²) >= 11 is 6.10. The Balaban J connectivity index is 1.57. The van der Waals surface area contributed by atoms with Crippen LogP contribution in [0.2, 0.25) is 0 Å². The first-order valence-electron chi connectivity index (χ1n) is 12.7. The van der Waals surface area contributed by atoms with Gasteiger partial charge in [0.05, 0.1) is 25.3 Å². The summed E-state index contributed by atoms with van der Waals surface area (Å²) in [5.41, 5.74) is 3.22. The highest BCUT2D eigenvalue weighted by atomic mass is 79.9. The Morgan fingerprint density at radius 1 is 1.05 bits per heavy atom. The van der Waals surface area contributed by atoms with E-state index in [2.05, 4.69) is 50.4 Å². The van der Waals surface area contributed by atoms with E-state index in [9.17, 15) is 14.7 Å². The van der Waals surface area contributed by atoms with Crippen LogP contribution in [-0.4, -0.2) is 40.7 Å². The number of halogens is 1. The smallest absolute Gasteiger partial charge is 0.301 e. The average Bonchev–Trinajstić information content (AvgIpc) is 3.55. The molecule has 210 valence electrons. The van der Waals surface area contributed by atoms with E-state index < -0.39 is 17.7 Å². The Hall–Kier alpha value is -3.67. The molecule has 1 aliphatic rings. The van der Waals surface area contributed by atoms with Crippen LogP contribution in [0.25, 0.3) is 5.76 Å². The Kier molecular flexibility index (Phi) is 8.77. The molecule has 8 nitrogen and oxygen atoms in total. The van der Waals surface area contributed by atoms with E-state index >= 15 is 0 Å². The van der Waals surface area contributed by atoms with E-state index in [1.807, 2.05) is 13.8 Å². The van der Waals surface area contributed by atoms with Crippen molar-refractivity contribution >= 4 is 61.6 Å². The third kappa shape index (κ3) is 6.02. The number of hydrogen-bond donors (Lipinski definition) is 1. The molecule has 1 atom stereocenters. The monoisotopic (exact) mass is 651 g/mol. The van der Waals surface area contributed by atoms with Gasteiger partial charge in [0.15, 0.2) is 15.8 Å². The third-order valence-electron chi connectivity index (χ3n) is 6.45. The van der Waals surface area contributed by atoms with Crippen molar-refractivity contribution in [2.24, 2.45) is 0 Å². The fraction of sp³-hybridized carbons (Fsp3) is 0.200. The van der Waals surface area contributed by atoms with E-state index in [1.165, 1.54) is 40.7 Å². The molecule has 1 aromatic heterocycles. The molecule has 1 N–H and O–H groups in total. The number of hydrogen-bond acceptors (Lipinski definition) is 9. The standard InChI is InChI=1S/C30H26BrN3O5S2/c1-4-39-22-14-11-20(15-23(22)38-3)25-24(26(35)19-9-12-21(31)13-10-19)27(36)28(37)34(25)29-32-33-30(41-29)40-16-18-7-5-17(2)6-8-18/h5-15,25,35H,4,16H2,1-3H3/b26-24-. The maximum absolute atomic E-state index is 13.5. The number of thioether (sulfide) groups is 1. The van der Waals surface area contributed by atoms with Gasteiger partial charge in [-0.1, -0.05) is 87.1 Å². The first-order valence-corrected chi connectivity index (χ1v) is 15.3. The number of ketones is 1. The molecule has 2 heterocycles. The highest BCUT2D eigenvalue weighted by Crippen LogP contribution is 2.45. The van der Waals surface area contributed by atoms with Gasteiger partial charge < -0.3 is 14.6 Å². The lowest BCUT2D eigenvalue weighted by molar-refractivity contribution is -0.132. The zero-order valence-corrected chi connectivity index (χ0v) is 25.7. The lowest BCUT2D eigenvalue weighted by Gasteiger charge is -2.23. The maximum atomic E-state index is 13.5. The number of nitrogens with zero attached hydrogens (tertiary/aromatic N) is 3. The van der Waals surface area contributed by atoms with E-state index in [0.29, 0.717) is 39.3 Å². The van der Waals surface area contributed by atoms with Crippen LogP contribution in [0.3, 0.4) is 0 Å². The molecule has 1 aliphatic heterocycles. The van der Waals surface area contributed by atoms with Crippen LogP contribution >= 0.6 is 39.0 Å². The number of benzene rings is 3. The Labute approximate surface area is 254 Å². The number of ether oxygens (including phenoxy) is 2. The summed E-state index contributed by atoms with van der Waals surface area (Å²) in [4.78, 5) is 28.3. The summed E-state index contributed by atoms with van der Waals surface area (Å²) in [6.07, 6.45) is 0. The SMILES string of the molecule is CCOc1ccc(C2/C(=C(/O)c3ccc(Br)cc3)C(=O)C(=O)N2c2nnc(SCc3ccc(C)cc3)s2)cc1OC. The normalized spacial score (nSPS) is 16.3. The van der Waals surface area contributed by atoms with Gasteiger partial charge >= 0.3 is 5.91 Å². The quantitative estimate of drug-likeness (QED) is 0.0683. The summed E-state index contributed by atoms with van der Waals surface area (Å²) in [5.74, 6) is -0.258.